The Morgan fingerprint density at radius 2 is 1.78 bits per heavy atom. The summed E-state index contributed by atoms with van der Waals surface area (Å²) < 4.78 is 61.0. The maximum Gasteiger partial charge on any atom is 0.203 e. The summed E-state index contributed by atoms with van der Waals surface area (Å²) in [5.74, 6) is -1.11. The number of benzene rings is 3. The van der Waals surface area contributed by atoms with Gasteiger partial charge in [0.05, 0.1) is 10.9 Å². The molecule has 3 aromatic heterocycles. The van der Waals surface area contributed by atoms with E-state index in [9.17, 15) is 22.3 Å². The second-order valence-corrected chi connectivity index (χ2v) is 9.81. The molecule has 2 unspecified atom stereocenters. The smallest absolute Gasteiger partial charge is 0.203 e. The SMILES string of the molecule is CC(c1oc2cccc(F)c2c(=O)c1-c1cccc(F)c1)n1nc(-c2ccc(NS(=O)[O-])cc2)c2c(N)ncnc21. The maximum absolute atomic E-state index is 14.8. The van der Waals surface area contributed by atoms with Crippen LogP contribution < -0.4 is 15.9 Å². The van der Waals surface area contributed by atoms with Gasteiger partial charge in [-0.05, 0) is 48.9 Å². The second-order valence-electron chi connectivity index (χ2n) is 9.13. The Labute approximate surface area is 232 Å². The van der Waals surface area contributed by atoms with Crippen LogP contribution in [-0.4, -0.2) is 28.5 Å². The van der Waals surface area contributed by atoms with E-state index in [0.29, 0.717) is 28.0 Å². The number of anilines is 2. The molecule has 41 heavy (non-hydrogen) atoms. The van der Waals surface area contributed by atoms with Gasteiger partial charge in [0.1, 0.15) is 52.2 Å². The predicted octanol–water partition coefficient (Wildman–Crippen LogP) is 4.94. The molecule has 0 bridgehead atoms. The van der Waals surface area contributed by atoms with Gasteiger partial charge in [0, 0.05) is 22.5 Å². The van der Waals surface area contributed by atoms with Crippen molar-refractivity contribution >= 4 is 44.8 Å². The van der Waals surface area contributed by atoms with E-state index >= 15 is 0 Å². The molecule has 3 N–H and O–H groups in total. The zero-order chi connectivity index (χ0) is 28.8. The Morgan fingerprint density at radius 3 is 2.51 bits per heavy atom. The van der Waals surface area contributed by atoms with Gasteiger partial charge in [-0.2, -0.15) is 5.10 Å². The van der Waals surface area contributed by atoms with Crippen LogP contribution in [0.15, 0.2) is 82.3 Å². The van der Waals surface area contributed by atoms with Crippen LogP contribution in [0.5, 0.6) is 0 Å². The highest BCUT2D eigenvalue weighted by atomic mass is 32.2. The standard InChI is InChI=1S/C28H20F2N6O4S/c1-14(26-21(16-4-2-5-17(29)12-16)25(37)22-19(30)6-3-7-20(22)40-26)36-28-23(27(31)32-13-33-28)24(34-36)15-8-10-18(11-9-15)35-41(38)39/h2-14,35H,1H3,(H,38,39)(H2,31,32,33)/p-1. The van der Waals surface area contributed by atoms with Crippen molar-refractivity contribution in [3.05, 3.63) is 101 Å². The minimum absolute atomic E-state index is 0.0154. The number of fused-ring (bicyclic) bond motifs is 2. The zero-order valence-corrected chi connectivity index (χ0v) is 22.0. The Bertz CT molecular complexity index is 2040. The highest BCUT2D eigenvalue weighted by Crippen LogP contribution is 2.36. The number of nitrogens with one attached hydrogen (secondary N) is 1. The molecule has 6 aromatic rings. The van der Waals surface area contributed by atoms with Gasteiger partial charge in [-0.1, -0.05) is 30.3 Å². The Hall–Kier alpha value is -5.01. The van der Waals surface area contributed by atoms with Gasteiger partial charge < -0.3 is 19.4 Å². The topological polar surface area (TPSA) is 152 Å². The summed E-state index contributed by atoms with van der Waals surface area (Å²) in [5, 5.41) is 4.90. The molecule has 0 radical (unpaired) electrons. The highest BCUT2D eigenvalue weighted by Gasteiger charge is 2.27. The number of rotatable bonds is 6. The first-order valence-corrected chi connectivity index (χ1v) is 13.3. The minimum atomic E-state index is -2.49. The molecule has 0 saturated heterocycles. The third-order valence-corrected chi connectivity index (χ3v) is 7.04. The fourth-order valence-electron chi connectivity index (χ4n) is 4.80. The van der Waals surface area contributed by atoms with Crippen molar-refractivity contribution < 1.29 is 22.0 Å². The van der Waals surface area contributed by atoms with Crippen molar-refractivity contribution in [1.29, 1.82) is 0 Å². The van der Waals surface area contributed by atoms with E-state index in [1.165, 1.54) is 47.4 Å². The molecular formula is C28H19F2N6O4S-. The van der Waals surface area contributed by atoms with Crippen molar-refractivity contribution in [2.45, 2.75) is 13.0 Å². The third kappa shape index (κ3) is 4.60. The molecule has 0 amide bonds. The van der Waals surface area contributed by atoms with Crippen LogP contribution in [0, 0.1) is 11.6 Å². The summed E-state index contributed by atoms with van der Waals surface area (Å²) in [5.41, 5.74) is 7.40. The molecule has 3 heterocycles. The van der Waals surface area contributed by atoms with E-state index in [1.54, 1.807) is 31.2 Å². The van der Waals surface area contributed by atoms with Gasteiger partial charge in [-0.25, -0.2) is 23.4 Å². The molecule has 0 aliphatic heterocycles. The van der Waals surface area contributed by atoms with Gasteiger partial charge in [-0.3, -0.25) is 9.00 Å². The van der Waals surface area contributed by atoms with Crippen LogP contribution in [0.1, 0.15) is 18.7 Å². The van der Waals surface area contributed by atoms with Crippen LogP contribution in [-0.2, 0) is 11.3 Å². The molecule has 0 spiro atoms. The lowest BCUT2D eigenvalue weighted by Gasteiger charge is -2.17. The normalized spacial score (nSPS) is 13.0. The molecular weight excluding hydrogens is 554 g/mol. The molecule has 0 aliphatic rings. The monoisotopic (exact) mass is 573 g/mol. The minimum Gasteiger partial charge on any atom is -0.755 e. The van der Waals surface area contributed by atoms with Crippen molar-refractivity contribution in [3.63, 3.8) is 0 Å². The zero-order valence-electron chi connectivity index (χ0n) is 21.2. The summed E-state index contributed by atoms with van der Waals surface area (Å²) in [6.45, 7) is 1.71. The Balaban J connectivity index is 1.59. The van der Waals surface area contributed by atoms with E-state index in [0.717, 1.165) is 6.07 Å². The van der Waals surface area contributed by atoms with E-state index in [1.807, 2.05) is 0 Å². The van der Waals surface area contributed by atoms with Gasteiger partial charge in [-0.15, -0.1) is 0 Å². The first-order valence-electron chi connectivity index (χ1n) is 12.2. The van der Waals surface area contributed by atoms with Crippen LogP contribution in [0.25, 0.3) is 44.4 Å². The van der Waals surface area contributed by atoms with E-state index in [2.05, 4.69) is 14.7 Å². The lowest BCUT2D eigenvalue weighted by Crippen LogP contribution is -2.17. The summed E-state index contributed by atoms with van der Waals surface area (Å²) >= 11 is -2.49. The van der Waals surface area contributed by atoms with Crippen molar-refractivity contribution in [1.82, 2.24) is 19.7 Å². The first-order chi connectivity index (χ1) is 19.7. The van der Waals surface area contributed by atoms with Crippen LogP contribution >= 0.6 is 0 Å². The molecule has 206 valence electrons. The number of nitrogens with two attached hydrogens (primary N) is 1. The van der Waals surface area contributed by atoms with E-state index in [-0.39, 0.29) is 33.7 Å². The Kier molecular flexibility index (Phi) is 6.52. The number of hydrogen-bond acceptors (Lipinski definition) is 8. The fourth-order valence-corrected chi connectivity index (χ4v) is 5.13. The fraction of sp³-hybridized carbons (Fsp3) is 0.0714. The number of nitrogens with zero attached hydrogens (tertiary/aromatic N) is 4. The van der Waals surface area contributed by atoms with Gasteiger partial charge in [0.15, 0.2) is 5.65 Å². The molecule has 13 heteroatoms. The number of aromatic nitrogens is 4. The van der Waals surface area contributed by atoms with Crippen LogP contribution in [0.3, 0.4) is 0 Å². The van der Waals surface area contributed by atoms with Crippen molar-refractivity contribution in [3.8, 4) is 22.4 Å². The van der Waals surface area contributed by atoms with E-state index in [4.69, 9.17) is 15.2 Å². The average Bonchev–Trinajstić information content (AvgIpc) is 3.33. The summed E-state index contributed by atoms with van der Waals surface area (Å²) in [6.07, 6.45) is 1.27. The van der Waals surface area contributed by atoms with Crippen LogP contribution in [0.2, 0.25) is 0 Å². The van der Waals surface area contributed by atoms with Gasteiger partial charge in [0.2, 0.25) is 5.43 Å². The largest absolute Gasteiger partial charge is 0.755 e. The number of halogens is 2. The molecule has 0 fully saturated rings. The maximum atomic E-state index is 14.8. The van der Waals surface area contributed by atoms with Gasteiger partial charge >= 0.3 is 0 Å². The lowest BCUT2D eigenvalue weighted by atomic mass is 9.99. The second kappa shape index (κ2) is 10.2. The first kappa shape index (κ1) is 26.2. The summed E-state index contributed by atoms with van der Waals surface area (Å²) in [7, 11) is 0. The average molecular weight is 574 g/mol. The van der Waals surface area contributed by atoms with E-state index < -0.39 is 34.4 Å². The third-order valence-electron chi connectivity index (χ3n) is 6.63. The van der Waals surface area contributed by atoms with Crippen molar-refractivity contribution in [2.24, 2.45) is 0 Å². The van der Waals surface area contributed by atoms with Crippen molar-refractivity contribution in [2.75, 3.05) is 10.5 Å². The molecule has 6 rings (SSSR count). The van der Waals surface area contributed by atoms with Crippen LogP contribution in [0.4, 0.5) is 20.3 Å². The molecule has 2 atom stereocenters. The quantitative estimate of drug-likeness (QED) is 0.266. The lowest BCUT2D eigenvalue weighted by molar-refractivity contribution is 0.445. The summed E-state index contributed by atoms with van der Waals surface area (Å²) in [6, 6.07) is 15.0. The molecule has 10 nitrogen and oxygen atoms in total. The molecule has 3 aromatic carbocycles. The number of nitrogen functional groups attached to an aromatic ring is 1. The van der Waals surface area contributed by atoms with Gasteiger partial charge in [0.25, 0.3) is 0 Å². The highest BCUT2D eigenvalue weighted by molar-refractivity contribution is 7.80. The Morgan fingerprint density at radius 1 is 1.02 bits per heavy atom. The summed E-state index contributed by atoms with van der Waals surface area (Å²) in [4.78, 5) is 22.2. The molecule has 0 saturated carbocycles. The predicted molar refractivity (Wildman–Crippen MR) is 149 cm³/mol. The number of hydrogen-bond donors (Lipinski definition) is 2. The molecule has 0 aliphatic carbocycles.